The first-order valence-electron chi connectivity index (χ1n) is 7.71. The van der Waals surface area contributed by atoms with Crippen LogP contribution in [0.4, 0.5) is 0 Å². The van der Waals surface area contributed by atoms with Crippen LogP contribution in [0, 0.1) is 6.92 Å². The van der Waals surface area contributed by atoms with Gasteiger partial charge < -0.3 is 9.47 Å². The van der Waals surface area contributed by atoms with E-state index in [-0.39, 0.29) is 0 Å². The van der Waals surface area contributed by atoms with Crippen LogP contribution in [0.1, 0.15) is 11.1 Å². The Hall–Kier alpha value is -2.86. The second kappa shape index (κ2) is 8.30. The van der Waals surface area contributed by atoms with Gasteiger partial charge in [0.05, 0.1) is 6.21 Å². The third-order valence-corrected chi connectivity index (χ3v) is 3.57. The summed E-state index contributed by atoms with van der Waals surface area (Å²) in [5.74, 6) is 1.49. The van der Waals surface area contributed by atoms with Crippen LogP contribution in [0.3, 0.4) is 0 Å². The van der Waals surface area contributed by atoms with Gasteiger partial charge in [0.2, 0.25) is 0 Å². The standard InChI is InChI=1S/C18H17ClN4O2/c1-14-2-5-17(6-3-14)24-8-9-25-18-7-4-16(19)10-15(18)11-22-23-12-20-21-13-23/h2-7,10-13H,8-9H2,1H3/b22-11+. The maximum atomic E-state index is 6.06. The van der Waals surface area contributed by atoms with E-state index < -0.39 is 0 Å². The molecule has 0 saturated heterocycles. The van der Waals surface area contributed by atoms with Gasteiger partial charge in [0.15, 0.2) is 0 Å². The molecule has 0 amide bonds. The van der Waals surface area contributed by atoms with E-state index in [1.54, 1.807) is 18.3 Å². The van der Waals surface area contributed by atoms with Crippen molar-refractivity contribution in [3.8, 4) is 11.5 Å². The zero-order chi connectivity index (χ0) is 17.5. The summed E-state index contributed by atoms with van der Waals surface area (Å²) < 4.78 is 12.9. The van der Waals surface area contributed by atoms with Crippen molar-refractivity contribution >= 4 is 17.8 Å². The molecular weight excluding hydrogens is 340 g/mol. The summed E-state index contributed by atoms with van der Waals surface area (Å²) >= 11 is 6.06. The maximum absolute atomic E-state index is 6.06. The van der Waals surface area contributed by atoms with Crippen molar-refractivity contribution in [2.75, 3.05) is 13.2 Å². The molecule has 128 valence electrons. The summed E-state index contributed by atoms with van der Waals surface area (Å²) in [4.78, 5) is 0. The number of aryl methyl sites for hydroxylation is 1. The van der Waals surface area contributed by atoms with Crippen molar-refractivity contribution in [1.82, 2.24) is 14.9 Å². The predicted octanol–water partition coefficient (Wildman–Crippen LogP) is 3.58. The molecule has 0 N–H and O–H groups in total. The number of benzene rings is 2. The number of halogens is 1. The van der Waals surface area contributed by atoms with E-state index in [2.05, 4.69) is 15.3 Å². The molecule has 25 heavy (non-hydrogen) atoms. The molecule has 0 saturated carbocycles. The van der Waals surface area contributed by atoms with Crippen LogP contribution in [-0.2, 0) is 0 Å². The molecule has 0 unspecified atom stereocenters. The van der Waals surface area contributed by atoms with Crippen molar-refractivity contribution in [3.63, 3.8) is 0 Å². The third kappa shape index (κ3) is 5.06. The number of nitrogens with zero attached hydrogens (tertiary/aromatic N) is 4. The minimum absolute atomic E-state index is 0.406. The van der Waals surface area contributed by atoms with Crippen LogP contribution < -0.4 is 9.47 Å². The van der Waals surface area contributed by atoms with Gasteiger partial charge in [-0.3, -0.25) is 0 Å². The lowest BCUT2D eigenvalue weighted by Gasteiger charge is -2.11. The molecule has 2 aromatic carbocycles. The molecule has 1 heterocycles. The van der Waals surface area contributed by atoms with Crippen LogP contribution in [0.2, 0.25) is 5.02 Å². The summed E-state index contributed by atoms with van der Waals surface area (Å²) in [5.41, 5.74) is 1.96. The van der Waals surface area contributed by atoms with E-state index >= 15 is 0 Å². The molecule has 0 radical (unpaired) electrons. The Morgan fingerprint density at radius 1 is 1.04 bits per heavy atom. The molecular formula is C18H17ClN4O2. The Labute approximate surface area is 150 Å². The lowest BCUT2D eigenvalue weighted by Crippen LogP contribution is -2.10. The van der Waals surface area contributed by atoms with Gasteiger partial charge in [0.1, 0.15) is 37.4 Å². The molecule has 3 rings (SSSR count). The normalized spacial score (nSPS) is 11.0. The fraction of sp³-hybridized carbons (Fsp3) is 0.167. The summed E-state index contributed by atoms with van der Waals surface area (Å²) in [5, 5.41) is 12.2. The SMILES string of the molecule is Cc1ccc(OCCOc2ccc(Cl)cc2/C=N/n2cnnc2)cc1. The van der Waals surface area contributed by atoms with E-state index in [1.807, 2.05) is 37.3 Å². The van der Waals surface area contributed by atoms with Crippen molar-refractivity contribution < 1.29 is 9.47 Å². The van der Waals surface area contributed by atoms with E-state index in [4.69, 9.17) is 21.1 Å². The summed E-state index contributed by atoms with van der Waals surface area (Å²) in [6.07, 6.45) is 4.64. The highest BCUT2D eigenvalue weighted by atomic mass is 35.5. The maximum Gasteiger partial charge on any atom is 0.141 e. The van der Waals surface area contributed by atoms with Crippen LogP contribution in [0.5, 0.6) is 11.5 Å². The van der Waals surface area contributed by atoms with E-state index in [9.17, 15) is 0 Å². The van der Waals surface area contributed by atoms with Gasteiger partial charge >= 0.3 is 0 Å². The first kappa shape index (κ1) is 17.0. The first-order chi connectivity index (χ1) is 12.2. The number of rotatable bonds is 7. The van der Waals surface area contributed by atoms with Gasteiger partial charge in [-0.15, -0.1) is 10.2 Å². The monoisotopic (exact) mass is 356 g/mol. The number of hydrogen-bond donors (Lipinski definition) is 0. The van der Waals surface area contributed by atoms with Crippen molar-refractivity contribution in [1.29, 1.82) is 0 Å². The quantitative estimate of drug-likeness (QED) is 0.479. The molecule has 0 bridgehead atoms. The van der Waals surface area contributed by atoms with Crippen LogP contribution in [-0.4, -0.2) is 34.3 Å². The van der Waals surface area contributed by atoms with E-state index in [0.717, 1.165) is 11.3 Å². The second-order valence-electron chi connectivity index (χ2n) is 5.28. The fourth-order valence-corrected chi connectivity index (χ4v) is 2.26. The highest BCUT2D eigenvalue weighted by Crippen LogP contribution is 2.21. The van der Waals surface area contributed by atoms with Gasteiger partial charge in [-0.05, 0) is 37.3 Å². The lowest BCUT2D eigenvalue weighted by molar-refractivity contribution is 0.217. The Kier molecular flexibility index (Phi) is 5.64. The molecule has 3 aromatic rings. The van der Waals surface area contributed by atoms with E-state index in [0.29, 0.717) is 24.0 Å². The molecule has 6 nitrogen and oxygen atoms in total. The highest BCUT2D eigenvalue weighted by Gasteiger charge is 2.04. The molecule has 0 spiro atoms. The third-order valence-electron chi connectivity index (χ3n) is 3.34. The summed E-state index contributed by atoms with van der Waals surface area (Å²) in [6, 6.07) is 13.3. The van der Waals surface area contributed by atoms with Crippen LogP contribution in [0.25, 0.3) is 0 Å². The minimum Gasteiger partial charge on any atom is -0.490 e. The van der Waals surface area contributed by atoms with Gasteiger partial charge in [0.25, 0.3) is 0 Å². The largest absolute Gasteiger partial charge is 0.490 e. The first-order valence-corrected chi connectivity index (χ1v) is 8.09. The molecule has 0 fully saturated rings. The average Bonchev–Trinajstić information content (AvgIpc) is 3.13. The number of aromatic nitrogens is 3. The van der Waals surface area contributed by atoms with Crippen LogP contribution in [0.15, 0.2) is 60.2 Å². The number of ether oxygens (including phenoxy) is 2. The Bertz CT molecular complexity index is 833. The van der Waals surface area contributed by atoms with Crippen LogP contribution >= 0.6 is 11.6 Å². The predicted molar refractivity (Wildman–Crippen MR) is 96.6 cm³/mol. The Morgan fingerprint density at radius 3 is 2.52 bits per heavy atom. The van der Waals surface area contributed by atoms with Gasteiger partial charge in [-0.2, -0.15) is 5.10 Å². The number of hydrogen-bond acceptors (Lipinski definition) is 5. The molecule has 0 aliphatic rings. The zero-order valence-electron chi connectivity index (χ0n) is 13.7. The van der Waals surface area contributed by atoms with Crippen molar-refractivity contribution in [2.45, 2.75) is 6.92 Å². The van der Waals surface area contributed by atoms with E-state index in [1.165, 1.54) is 22.9 Å². The van der Waals surface area contributed by atoms with Gasteiger partial charge in [0, 0.05) is 10.6 Å². The van der Waals surface area contributed by atoms with Gasteiger partial charge in [-0.25, -0.2) is 4.68 Å². The smallest absolute Gasteiger partial charge is 0.141 e. The zero-order valence-corrected chi connectivity index (χ0v) is 14.4. The molecule has 0 aliphatic heterocycles. The topological polar surface area (TPSA) is 61.5 Å². The molecule has 7 heteroatoms. The molecule has 0 aliphatic carbocycles. The average molecular weight is 357 g/mol. The second-order valence-corrected chi connectivity index (χ2v) is 5.72. The Morgan fingerprint density at radius 2 is 1.76 bits per heavy atom. The molecule has 0 atom stereocenters. The minimum atomic E-state index is 0.406. The summed E-state index contributed by atoms with van der Waals surface area (Å²) in [6.45, 7) is 2.88. The Balaban J connectivity index is 1.59. The fourth-order valence-electron chi connectivity index (χ4n) is 2.08. The summed E-state index contributed by atoms with van der Waals surface area (Å²) in [7, 11) is 0. The lowest BCUT2D eigenvalue weighted by atomic mass is 10.2. The molecule has 1 aromatic heterocycles. The van der Waals surface area contributed by atoms with Crippen molar-refractivity contribution in [2.24, 2.45) is 5.10 Å². The highest BCUT2D eigenvalue weighted by molar-refractivity contribution is 6.30. The van der Waals surface area contributed by atoms with Gasteiger partial charge in [-0.1, -0.05) is 29.3 Å². The van der Waals surface area contributed by atoms with Crippen molar-refractivity contribution in [3.05, 3.63) is 71.3 Å².